The van der Waals surface area contributed by atoms with Crippen LogP contribution in [0.5, 0.6) is 0 Å². The Labute approximate surface area is 124 Å². The van der Waals surface area contributed by atoms with Crippen molar-refractivity contribution in [1.29, 1.82) is 0 Å². The molecule has 0 aromatic heterocycles. The SMILES string of the molecule is CCCCN(CCCCCC(C)SC)N=NCCC. The number of thioether (sulfide) groups is 1. The van der Waals surface area contributed by atoms with Crippen molar-refractivity contribution in [3.05, 3.63) is 0 Å². The van der Waals surface area contributed by atoms with Crippen LogP contribution in [0, 0.1) is 0 Å². The molecule has 0 bridgehead atoms. The van der Waals surface area contributed by atoms with E-state index >= 15 is 0 Å². The highest BCUT2D eigenvalue weighted by Crippen LogP contribution is 2.14. The van der Waals surface area contributed by atoms with E-state index in [0.717, 1.165) is 31.3 Å². The molecule has 0 aromatic carbocycles. The van der Waals surface area contributed by atoms with Gasteiger partial charge in [-0.3, -0.25) is 5.01 Å². The third-order valence-electron chi connectivity index (χ3n) is 3.21. The highest BCUT2D eigenvalue weighted by atomic mass is 32.2. The molecule has 4 heteroatoms. The van der Waals surface area contributed by atoms with Gasteiger partial charge in [-0.25, -0.2) is 0 Å². The first-order valence-corrected chi connectivity index (χ1v) is 9.18. The Morgan fingerprint density at radius 3 is 2.37 bits per heavy atom. The predicted molar refractivity (Wildman–Crippen MR) is 87.9 cm³/mol. The minimum Gasteiger partial charge on any atom is -0.279 e. The van der Waals surface area contributed by atoms with Crippen LogP contribution in [0.3, 0.4) is 0 Å². The second-order valence-electron chi connectivity index (χ2n) is 5.16. The molecule has 0 saturated heterocycles. The number of nitrogens with zero attached hydrogens (tertiary/aromatic N) is 3. The van der Waals surface area contributed by atoms with Gasteiger partial charge >= 0.3 is 0 Å². The molecule has 0 saturated carbocycles. The number of hydrogen-bond acceptors (Lipinski definition) is 3. The second kappa shape index (κ2) is 14.2. The molecule has 0 fully saturated rings. The van der Waals surface area contributed by atoms with Gasteiger partial charge in [0.15, 0.2) is 0 Å². The van der Waals surface area contributed by atoms with Crippen LogP contribution < -0.4 is 0 Å². The zero-order valence-electron chi connectivity index (χ0n) is 13.4. The van der Waals surface area contributed by atoms with Gasteiger partial charge in [-0.05, 0) is 31.9 Å². The molecule has 0 aliphatic rings. The molecule has 0 amide bonds. The molecule has 3 nitrogen and oxygen atoms in total. The molecule has 0 radical (unpaired) electrons. The average molecular weight is 288 g/mol. The van der Waals surface area contributed by atoms with Crippen LogP contribution in [0.2, 0.25) is 0 Å². The smallest absolute Gasteiger partial charge is 0.0617 e. The molecule has 1 atom stereocenters. The van der Waals surface area contributed by atoms with E-state index in [0.29, 0.717) is 0 Å². The van der Waals surface area contributed by atoms with Gasteiger partial charge in [0.25, 0.3) is 0 Å². The highest BCUT2D eigenvalue weighted by molar-refractivity contribution is 7.99. The van der Waals surface area contributed by atoms with Crippen molar-refractivity contribution in [2.24, 2.45) is 10.3 Å². The summed E-state index contributed by atoms with van der Waals surface area (Å²) in [6.45, 7) is 9.67. The van der Waals surface area contributed by atoms with E-state index < -0.39 is 0 Å². The minimum atomic E-state index is 0.806. The van der Waals surface area contributed by atoms with Gasteiger partial charge in [0.1, 0.15) is 0 Å². The van der Waals surface area contributed by atoms with Crippen molar-refractivity contribution in [3.8, 4) is 0 Å². The van der Waals surface area contributed by atoms with Gasteiger partial charge in [-0.2, -0.15) is 16.9 Å². The summed E-state index contributed by atoms with van der Waals surface area (Å²) in [4.78, 5) is 0. The first kappa shape index (κ1) is 18.8. The fraction of sp³-hybridized carbons (Fsp3) is 1.00. The molecule has 0 aliphatic carbocycles. The monoisotopic (exact) mass is 287 g/mol. The number of rotatable bonds is 13. The lowest BCUT2D eigenvalue weighted by atomic mass is 10.1. The highest BCUT2D eigenvalue weighted by Gasteiger charge is 2.02. The molecule has 0 N–H and O–H groups in total. The first-order chi connectivity index (χ1) is 9.24. The molecular formula is C15H33N3S. The Morgan fingerprint density at radius 2 is 1.74 bits per heavy atom. The van der Waals surface area contributed by atoms with E-state index in [2.05, 4.69) is 42.4 Å². The Balaban J connectivity index is 3.72. The van der Waals surface area contributed by atoms with Crippen molar-refractivity contribution in [1.82, 2.24) is 5.01 Å². The van der Waals surface area contributed by atoms with Crippen LogP contribution in [-0.4, -0.2) is 36.1 Å². The fourth-order valence-electron chi connectivity index (χ4n) is 1.80. The largest absolute Gasteiger partial charge is 0.279 e. The summed E-state index contributed by atoms with van der Waals surface area (Å²) >= 11 is 1.97. The summed E-state index contributed by atoms with van der Waals surface area (Å²) in [6.07, 6.45) is 11.0. The Morgan fingerprint density at radius 1 is 1.00 bits per heavy atom. The van der Waals surface area contributed by atoms with E-state index in [4.69, 9.17) is 0 Å². The third-order valence-corrected chi connectivity index (χ3v) is 4.25. The lowest BCUT2D eigenvalue weighted by molar-refractivity contribution is 0.254. The lowest BCUT2D eigenvalue weighted by Gasteiger charge is -2.17. The van der Waals surface area contributed by atoms with Gasteiger partial charge in [-0.1, -0.05) is 45.3 Å². The fourth-order valence-corrected chi connectivity index (χ4v) is 2.20. The summed E-state index contributed by atoms with van der Waals surface area (Å²) in [5, 5.41) is 11.6. The normalized spacial score (nSPS) is 13.1. The van der Waals surface area contributed by atoms with Gasteiger partial charge in [0, 0.05) is 18.3 Å². The Kier molecular flexibility index (Phi) is 14.0. The van der Waals surface area contributed by atoms with Gasteiger partial charge < -0.3 is 0 Å². The van der Waals surface area contributed by atoms with Crippen molar-refractivity contribution in [3.63, 3.8) is 0 Å². The molecular weight excluding hydrogens is 254 g/mol. The zero-order valence-corrected chi connectivity index (χ0v) is 14.2. The summed E-state index contributed by atoms with van der Waals surface area (Å²) in [5.74, 6) is 0. The maximum Gasteiger partial charge on any atom is 0.0617 e. The third kappa shape index (κ3) is 12.5. The minimum absolute atomic E-state index is 0.806. The van der Waals surface area contributed by atoms with Crippen LogP contribution in [0.1, 0.15) is 65.7 Å². The molecule has 1 unspecified atom stereocenters. The van der Waals surface area contributed by atoms with Gasteiger partial charge in [0.05, 0.1) is 6.54 Å². The average Bonchev–Trinajstić information content (AvgIpc) is 2.43. The molecule has 0 heterocycles. The van der Waals surface area contributed by atoms with Crippen molar-refractivity contribution in [2.45, 2.75) is 71.0 Å². The molecule has 0 spiro atoms. The van der Waals surface area contributed by atoms with Crippen molar-refractivity contribution >= 4 is 11.8 Å². The van der Waals surface area contributed by atoms with E-state index in [1.807, 2.05) is 11.8 Å². The molecule has 19 heavy (non-hydrogen) atoms. The molecule has 0 rings (SSSR count). The topological polar surface area (TPSA) is 28.0 Å². The number of hydrogen-bond donors (Lipinski definition) is 0. The van der Waals surface area contributed by atoms with E-state index in [1.54, 1.807) is 0 Å². The molecule has 114 valence electrons. The van der Waals surface area contributed by atoms with Crippen LogP contribution in [0.4, 0.5) is 0 Å². The predicted octanol–water partition coefficient (Wildman–Crippen LogP) is 5.18. The maximum absolute atomic E-state index is 4.35. The van der Waals surface area contributed by atoms with Crippen LogP contribution >= 0.6 is 11.8 Å². The Bertz CT molecular complexity index is 210. The van der Waals surface area contributed by atoms with Crippen molar-refractivity contribution < 1.29 is 0 Å². The van der Waals surface area contributed by atoms with E-state index in [-0.39, 0.29) is 0 Å². The van der Waals surface area contributed by atoms with E-state index in [1.165, 1.54) is 38.5 Å². The zero-order chi connectivity index (χ0) is 14.3. The van der Waals surface area contributed by atoms with Gasteiger partial charge in [0.2, 0.25) is 0 Å². The van der Waals surface area contributed by atoms with Crippen LogP contribution in [-0.2, 0) is 0 Å². The molecule has 0 aliphatic heterocycles. The number of unbranched alkanes of at least 4 members (excludes halogenated alkanes) is 3. The summed E-state index contributed by atoms with van der Waals surface area (Å²) in [6, 6.07) is 0. The maximum atomic E-state index is 4.35. The van der Waals surface area contributed by atoms with Gasteiger partial charge in [-0.15, -0.1) is 0 Å². The second-order valence-corrected chi connectivity index (χ2v) is 6.43. The van der Waals surface area contributed by atoms with Crippen molar-refractivity contribution in [2.75, 3.05) is 25.9 Å². The quantitative estimate of drug-likeness (QED) is 0.265. The van der Waals surface area contributed by atoms with Crippen LogP contribution in [0.15, 0.2) is 10.3 Å². The van der Waals surface area contributed by atoms with E-state index in [9.17, 15) is 0 Å². The van der Waals surface area contributed by atoms with Crippen LogP contribution in [0.25, 0.3) is 0 Å². The summed E-state index contributed by atoms with van der Waals surface area (Å²) < 4.78 is 0. The summed E-state index contributed by atoms with van der Waals surface area (Å²) in [7, 11) is 0. The lowest BCUT2D eigenvalue weighted by Crippen LogP contribution is -2.19. The summed E-state index contributed by atoms with van der Waals surface area (Å²) in [5.41, 5.74) is 0. The Hall–Kier alpha value is -0.250. The molecule has 0 aromatic rings. The standard InChI is InChI=1S/C15H33N3S/c1-5-7-13-18(17-16-12-6-2)14-10-8-9-11-15(3)19-4/h15H,5-14H2,1-4H3. The first-order valence-electron chi connectivity index (χ1n) is 7.89.